The molecule has 0 unspecified atom stereocenters. The summed E-state index contributed by atoms with van der Waals surface area (Å²) < 4.78 is 2.15. The molecule has 0 N–H and O–H groups in total. The molecule has 1 amide bonds. The molecular formula is C14H18N2O. The standard InChI is InChI=1S/C14H18N2O/c1-15(2)14(17)9-8-11-10-16(3)13-7-5-4-6-12(11)13/h10H,4-7H2,1-3H3. The number of nitrogens with zero attached hydrogens (tertiary/aromatic N) is 2. The van der Waals surface area contributed by atoms with Gasteiger partial charge in [-0.3, -0.25) is 4.79 Å². The predicted octanol–water partition coefficient (Wildman–Crippen LogP) is 1.34. The molecule has 0 saturated heterocycles. The van der Waals surface area contributed by atoms with Crippen LogP contribution in [0.5, 0.6) is 0 Å². The van der Waals surface area contributed by atoms with E-state index in [1.54, 1.807) is 14.1 Å². The molecule has 0 aliphatic heterocycles. The Hall–Kier alpha value is -1.69. The van der Waals surface area contributed by atoms with Gasteiger partial charge in [-0.2, -0.15) is 0 Å². The smallest absolute Gasteiger partial charge is 0.298 e. The Morgan fingerprint density at radius 3 is 2.76 bits per heavy atom. The molecule has 1 heterocycles. The van der Waals surface area contributed by atoms with Crippen LogP contribution < -0.4 is 0 Å². The first kappa shape index (κ1) is 11.8. The highest BCUT2D eigenvalue weighted by Crippen LogP contribution is 2.25. The molecular weight excluding hydrogens is 212 g/mol. The average Bonchev–Trinajstić information content (AvgIpc) is 2.64. The molecule has 3 heteroatoms. The summed E-state index contributed by atoms with van der Waals surface area (Å²) in [4.78, 5) is 12.9. The van der Waals surface area contributed by atoms with E-state index in [2.05, 4.69) is 23.5 Å². The lowest BCUT2D eigenvalue weighted by Gasteiger charge is -2.13. The van der Waals surface area contributed by atoms with Gasteiger partial charge in [0.1, 0.15) is 0 Å². The van der Waals surface area contributed by atoms with Crippen LogP contribution in [0.25, 0.3) is 0 Å². The molecule has 0 radical (unpaired) electrons. The molecule has 1 aliphatic carbocycles. The Morgan fingerprint density at radius 2 is 2.06 bits per heavy atom. The Balaban J connectivity index is 2.31. The van der Waals surface area contributed by atoms with E-state index < -0.39 is 0 Å². The van der Waals surface area contributed by atoms with Gasteiger partial charge in [-0.05, 0) is 31.2 Å². The number of carbonyl (C=O) groups excluding carboxylic acids is 1. The largest absolute Gasteiger partial charge is 0.353 e. The van der Waals surface area contributed by atoms with Crippen LogP contribution in [0.2, 0.25) is 0 Å². The first-order chi connectivity index (χ1) is 8.09. The molecule has 1 aliphatic rings. The van der Waals surface area contributed by atoms with Crippen LogP contribution in [0.1, 0.15) is 29.7 Å². The van der Waals surface area contributed by atoms with Crippen molar-refractivity contribution < 1.29 is 4.79 Å². The van der Waals surface area contributed by atoms with Crippen molar-refractivity contribution in [3.8, 4) is 11.8 Å². The van der Waals surface area contributed by atoms with E-state index in [0.717, 1.165) is 18.4 Å². The quantitative estimate of drug-likeness (QED) is 0.617. The van der Waals surface area contributed by atoms with Gasteiger partial charge in [-0.1, -0.05) is 5.92 Å². The van der Waals surface area contributed by atoms with Crippen LogP contribution in [-0.4, -0.2) is 29.5 Å². The van der Waals surface area contributed by atoms with Crippen molar-refractivity contribution >= 4 is 5.91 Å². The predicted molar refractivity (Wildman–Crippen MR) is 67.6 cm³/mol. The highest BCUT2D eigenvalue weighted by molar-refractivity contribution is 5.93. The summed E-state index contributed by atoms with van der Waals surface area (Å²) in [6.45, 7) is 0. The SMILES string of the molecule is CN(C)C(=O)C#Cc1cn(C)c2c1CCCC2. The van der Waals surface area contributed by atoms with Crippen molar-refractivity contribution in [1.29, 1.82) is 0 Å². The number of amides is 1. The molecule has 0 aromatic carbocycles. The van der Waals surface area contributed by atoms with E-state index in [4.69, 9.17) is 0 Å². The fraction of sp³-hybridized carbons (Fsp3) is 0.500. The molecule has 0 fully saturated rings. The monoisotopic (exact) mass is 230 g/mol. The molecule has 90 valence electrons. The summed E-state index contributed by atoms with van der Waals surface area (Å²) in [6, 6.07) is 0. The Kier molecular flexibility index (Phi) is 3.23. The minimum atomic E-state index is -0.140. The first-order valence-corrected chi connectivity index (χ1v) is 6.00. The lowest BCUT2D eigenvalue weighted by molar-refractivity contribution is -0.122. The van der Waals surface area contributed by atoms with E-state index >= 15 is 0 Å². The summed E-state index contributed by atoms with van der Waals surface area (Å²) in [6.07, 6.45) is 6.76. The third-order valence-corrected chi connectivity index (χ3v) is 3.22. The second-order valence-electron chi connectivity index (χ2n) is 4.74. The maximum Gasteiger partial charge on any atom is 0.298 e. The minimum Gasteiger partial charge on any atom is -0.353 e. The zero-order valence-electron chi connectivity index (χ0n) is 10.7. The lowest BCUT2D eigenvalue weighted by Crippen LogP contribution is -2.19. The maximum absolute atomic E-state index is 11.4. The lowest BCUT2D eigenvalue weighted by atomic mass is 9.95. The average molecular weight is 230 g/mol. The Labute approximate surface area is 102 Å². The van der Waals surface area contributed by atoms with E-state index in [1.165, 1.54) is 29.0 Å². The third-order valence-electron chi connectivity index (χ3n) is 3.22. The molecule has 1 aromatic rings. The number of hydrogen-bond acceptors (Lipinski definition) is 1. The summed E-state index contributed by atoms with van der Waals surface area (Å²) in [5, 5.41) is 0. The molecule has 0 atom stereocenters. The second kappa shape index (κ2) is 4.67. The Morgan fingerprint density at radius 1 is 1.35 bits per heavy atom. The summed E-state index contributed by atoms with van der Waals surface area (Å²) in [5.41, 5.74) is 3.76. The molecule has 17 heavy (non-hydrogen) atoms. The van der Waals surface area contributed by atoms with Gasteiger partial charge in [-0.25, -0.2) is 0 Å². The van der Waals surface area contributed by atoms with E-state index in [9.17, 15) is 4.79 Å². The van der Waals surface area contributed by atoms with Crippen LogP contribution in [0.4, 0.5) is 0 Å². The van der Waals surface area contributed by atoms with E-state index in [-0.39, 0.29) is 5.91 Å². The third kappa shape index (κ3) is 2.36. The Bertz CT molecular complexity index is 500. The van der Waals surface area contributed by atoms with Crippen LogP contribution in [0.3, 0.4) is 0 Å². The molecule has 0 bridgehead atoms. The van der Waals surface area contributed by atoms with Gasteiger partial charge in [0.05, 0.1) is 0 Å². The van der Waals surface area contributed by atoms with Crippen LogP contribution in [0, 0.1) is 11.8 Å². The van der Waals surface area contributed by atoms with Gasteiger partial charge in [0.25, 0.3) is 5.91 Å². The highest BCUT2D eigenvalue weighted by atomic mass is 16.2. The van der Waals surface area contributed by atoms with Crippen LogP contribution >= 0.6 is 0 Å². The maximum atomic E-state index is 11.4. The zero-order chi connectivity index (χ0) is 12.4. The van der Waals surface area contributed by atoms with Gasteiger partial charge >= 0.3 is 0 Å². The first-order valence-electron chi connectivity index (χ1n) is 6.00. The molecule has 0 saturated carbocycles. The van der Waals surface area contributed by atoms with Crippen molar-refractivity contribution in [2.45, 2.75) is 25.7 Å². The van der Waals surface area contributed by atoms with E-state index in [1.807, 2.05) is 6.20 Å². The topological polar surface area (TPSA) is 25.2 Å². The normalized spacial score (nSPS) is 13.6. The zero-order valence-corrected chi connectivity index (χ0v) is 10.7. The number of fused-ring (bicyclic) bond motifs is 1. The highest BCUT2D eigenvalue weighted by Gasteiger charge is 2.16. The number of carbonyl (C=O) groups is 1. The summed E-state index contributed by atoms with van der Waals surface area (Å²) in [5.74, 6) is 5.56. The number of aryl methyl sites for hydroxylation is 1. The van der Waals surface area contributed by atoms with Crippen LogP contribution in [-0.2, 0) is 24.7 Å². The van der Waals surface area contributed by atoms with Gasteiger partial charge < -0.3 is 9.47 Å². The molecule has 1 aromatic heterocycles. The molecule has 0 spiro atoms. The fourth-order valence-electron chi connectivity index (χ4n) is 2.26. The number of hydrogen-bond donors (Lipinski definition) is 0. The van der Waals surface area contributed by atoms with Gasteiger partial charge in [0, 0.05) is 44.5 Å². The van der Waals surface area contributed by atoms with Gasteiger partial charge in [0.2, 0.25) is 0 Å². The van der Waals surface area contributed by atoms with E-state index in [0.29, 0.717) is 0 Å². The van der Waals surface area contributed by atoms with Crippen molar-refractivity contribution in [2.24, 2.45) is 7.05 Å². The fourth-order valence-corrected chi connectivity index (χ4v) is 2.26. The van der Waals surface area contributed by atoms with Crippen molar-refractivity contribution in [3.63, 3.8) is 0 Å². The minimum absolute atomic E-state index is 0.140. The number of rotatable bonds is 0. The molecule has 2 rings (SSSR count). The van der Waals surface area contributed by atoms with Crippen LogP contribution in [0.15, 0.2) is 6.20 Å². The summed E-state index contributed by atoms with van der Waals surface area (Å²) >= 11 is 0. The van der Waals surface area contributed by atoms with Gasteiger partial charge in [-0.15, -0.1) is 0 Å². The second-order valence-corrected chi connectivity index (χ2v) is 4.74. The molecule has 3 nitrogen and oxygen atoms in total. The number of aromatic nitrogens is 1. The van der Waals surface area contributed by atoms with Gasteiger partial charge in [0.15, 0.2) is 0 Å². The van der Waals surface area contributed by atoms with Crippen molar-refractivity contribution in [3.05, 3.63) is 23.0 Å². The van der Waals surface area contributed by atoms with Crippen molar-refractivity contribution in [1.82, 2.24) is 9.47 Å². The summed E-state index contributed by atoms with van der Waals surface area (Å²) in [7, 11) is 5.50. The van der Waals surface area contributed by atoms with Crippen molar-refractivity contribution in [2.75, 3.05) is 14.1 Å².